The molecule has 1 aromatic carbocycles. The Morgan fingerprint density at radius 3 is 2.96 bits per heavy atom. The Morgan fingerprint density at radius 2 is 2.29 bits per heavy atom. The minimum atomic E-state index is -0.339. The molecule has 2 amide bonds. The van der Waals surface area contributed by atoms with Crippen LogP contribution >= 0.6 is 11.6 Å². The van der Waals surface area contributed by atoms with Crippen LogP contribution < -0.4 is 5.32 Å². The predicted molar refractivity (Wildman–Crippen MR) is 89.8 cm³/mol. The Bertz CT molecular complexity index is 723. The van der Waals surface area contributed by atoms with Gasteiger partial charge in [-0.25, -0.2) is 9.18 Å². The molecule has 0 bridgehead atoms. The van der Waals surface area contributed by atoms with E-state index < -0.39 is 0 Å². The Labute approximate surface area is 144 Å². The molecule has 1 aliphatic heterocycles. The molecule has 1 aromatic heterocycles. The van der Waals surface area contributed by atoms with Crippen molar-refractivity contribution in [2.45, 2.75) is 39.2 Å². The van der Waals surface area contributed by atoms with Crippen LogP contribution in [0.25, 0.3) is 0 Å². The number of hydrogen-bond donors (Lipinski definition) is 1. The van der Waals surface area contributed by atoms with Gasteiger partial charge in [0.05, 0.1) is 5.69 Å². The van der Waals surface area contributed by atoms with E-state index in [0.29, 0.717) is 29.3 Å². The third kappa shape index (κ3) is 3.38. The summed E-state index contributed by atoms with van der Waals surface area (Å²) in [4.78, 5) is 18.3. The van der Waals surface area contributed by atoms with Crippen molar-refractivity contribution in [2.75, 3.05) is 11.9 Å². The molecule has 3 rings (SSSR count). The number of benzene rings is 1. The van der Waals surface area contributed by atoms with Gasteiger partial charge in [-0.1, -0.05) is 17.7 Å². The number of nitrogens with zero attached hydrogens (tertiary/aromatic N) is 2. The van der Waals surface area contributed by atoms with Crippen molar-refractivity contribution >= 4 is 23.6 Å². The van der Waals surface area contributed by atoms with Crippen molar-refractivity contribution in [3.63, 3.8) is 0 Å². The Balaban J connectivity index is 1.72. The predicted octanol–water partition coefficient (Wildman–Crippen LogP) is 4.32. The number of amides is 2. The molecule has 0 aliphatic carbocycles. The zero-order chi connectivity index (χ0) is 17.3. The maximum atomic E-state index is 14.0. The molecule has 1 aliphatic rings. The van der Waals surface area contributed by atoms with Gasteiger partial charge in [0.25, 0.3) is 0 Å². The summed E-state index contributed by atoms with van der Waals surface area (Å²) in [5.41, 5.74) is 1.19. The summed E-state index contributed by atoms with van der Waals surface area (Å²) in [6, 6.07) is 4.43. The first-order valence-electron chi connectivity index (χ1n) is 7.90. The van der Waals surface area contributed by atoms with Crippen molar-refractivity contribution in [3.8, 4) is 0 Å². The highest BCUT2D eigenvalue weighted by Crippen LogP contribution is 2.27. The van der Waals surface area contributed by atoms with E-state index in [4.69, 9.17) is 16.0 Å². The second kappa shape index (κ2) is 6.81. The molecule has 7 heteroatoms. The van der Waals surface area contributed by atoms with Gasteiger partial charge in [0.1, 0.15) is 11.6 Å². The number of oxazole rings is 1. The number of hydrogen-bond acceptors (Lipinski definition) is 3. The molecule has 24 heavy (non-hydrogen) atoms. The fraction of sp³-hybridized carbons (Fsp3) is 0.412. The van der Waals surface area contributed by atoms with Crippen LogP contribution in [-0.2, 0) is 6.42 Å². The van der Waals surface area contributed by atoms with Gasteiger partial charge in [-0.3, -0.25) is 5.32 Å². The van der Waals surface area contributed by atoms with Crippen LogP contribution in [0.5, 0.6) is 0 Å². The van der Waals surface area contributed by atoms with Crippen LogP contribution in [-0.4, -0.2) is 28.5 Å². The first-order valence-corrected chi connectivity index (χ1v) is 8.28. The van der Waals surface area contributed by atoms with Gasteiger partial charge in [0.15, 0.2) is 0 Å². The Morgan fingerprint density at radius 1 is 1.50 bits per heavy atom. The van der Waals surface area contributed by atoms with E-state index in [-0.39, 0.29) is 23.9 Å². The topological polar surface area (TPSA) is 58.4 Å². The number of halogens is 2. The van der Waals surface area contributed by atoms with Crippen LogP contribution in [0.4, 0.5) is 15.2 Å². The molecule has 128 valence electrons. The quantitative estimate of drug-likeness (QED) is 0.895. The fourth-order valence-electron chi connectivity index (χ4n) is 2.97. The molecule has 1 fully saturated rings. The molecule has 0 saturated carbocycles. The zero-order valence-corrected chi connectivity index (χ0v) is 14.4. The van der Waals surface area contributed by atoms with Gasteiger partial charge in [0.2, 0.25) is 0 Å². The van der Waals surface area contributed by atoms with Crippen molar-refractivity contribution < 1.29 is 13.6 Å². The summed E-state index contributed by atoms with van der Waals surface area (Å²) in [7, 11) is 0. The van der Waals surface area contributed by atoms with E-state index in [2.05, 4.69) is 10.3 Å². The van der Waals surface area contributed by atoms with Crippen molar-refractivity contribution in [1.29, 1.82) is 0 Å². The number of likely N-dealkylation sites (tertiary alicyclic amines) is 1. The van der Waals surface area contributed by atoms with Crippen molar-refractivity contribution in [3.05, 3.63) is 46.1 Å². The highest BCUT2D eigenvalue weighted by atomic mass is 35.5. The molecule has 1 N–H and O–H groups in total. The standard InChI is InChI=1S/C17H19ClFN3O2/c1-10-11(2)24-16(20-10)21-17(23)22-8-4-5-12(22)9-13-14(18)6-3-7-15(13)19/h3,6-7,12H,4-5,8-9H2,1-2H3,(H,20,21,23)/t12-/m0/s1. The molecule has 0 spiro atoms. The summed E-state index contributed by atoms with van der Waals surface area (Å²) >= 11 is 6.10. The van der Waals surface area contributed by atoms with Crippen LogP contribution in [0, 0.1) is 19.7 Å². The highest BCUT2D eigenvalue weighted by molar-refractivity contribution is 6.31. The number of anilines is 1. The molecule has 2 heterocycles. The van der Waals surface area contributed by atoms with Crippen LogP contribution in [0.2, 0.25) is 5.02 Å². The number of aromatic nitrogens is 1. The largest absolute Gasteiger partial charge is 0.428 e. The normalized spacial score (nSPS) is 17.3. The van der Waals surface area contributed by atoms with E-state index in [1.165, 1.54) is 6.07 Å². The van der Waals surface area contributed by atoms with Gasteiger partial charge >= 0.3 is 12.0 Å². The molecule has 0 unspecified atom stereocenters. The second-order valence-electron chi connectivity index (χ2n) is 5.98. The Kier molecular flexibility index (Phi) is 4.76. The van der Waals surface area contributed by atoms with Crippen LogP contribution in [0.3, 0.4) is 0 Å². The summed E-state index contributed by atoms with van der Waals surface area (Å²) in [6.07, 6.45) is 2.07. The lowest BCUT2D eigenvalue weighted by atomic mass is 10.0. The highest BCUT2D eigenvalue weighted by Gasteiger charge is 2.30. The molecule has 1 saturated heterocycles. The summed E-state index contributed by atoms with van der Waals surface area (Å²) < 4.78 is 19.4. The smallest absolute Gasteiger partial charge is 0.325 e. The molecule has 2 aromatic rings. The molecular formula is C17H19ClFN3O2. The molecular weight excluding hydrogens is 333 g/mol. The molecule has 1 atom stereocenters. The van der Waals surface area contributed by atoms with Gasteiger partial charge in [-0.2, -0.15) is 4.98 Å². The summed E-state index contributed by atoms with van der Waals surface area (Å²) in [5.74, 6) is 0.329. The number of aryl methyl sites for hydroxylation is 2. The SMILES string of the molecule is Cc1nc(NC(=O)N2CCC[C@H]2Cc2c(F)cccc2Cl)oc1C. The number of rotatable bonds is 3. The van der Waals surface area contributed by atoms with Crippen LogP contribution in [0.15, 0.2) is 22.6 Å². The van der Waals surface area contributed by atoms with E-state index in [9.17, 15) is 9.18 Å². The van der Waals surface area contributed by atoms with Crippen molar-refractivity contribution in [2.24, 2.45) is 0 Å². The maximum Gasteiger partial charge on any atom is 0.325 e. The minimum Gasteiger partial charge on any atom is -0.428 e. The molecule has 0 radical (unpaired) electrons. The maximum absolute atomic E-state index is 14.0. The summed E-state index contributed by atoms with van der Waals surface area (Å²) in [6.45, 7) is 4.21. The van der Waals surface area contributed by atoms with Gasteiger partial charge in [0, 0.05) is 23.2 Å². The average Bonchev–Trinajstić information content (AvgIpc) is 3.10. The summed E-state index contributed by atoms with van der Waals surface area (Å²) in [5, 5.41) is 3.06. The van der Waals surface area contributed by atoms with Crippen molar-refractivity contribution in [1.82, 2.24) is 9.88 Å². The van der Waals surface area contributed by atoms with E-state index in [1.807, 2.05) is 6.92 Å². The second-order valence-corrected chi connectivity index (χ2v) is 6.39. The zero-order valence-electron chi connectivity index (χ0n) is 13.6. The van der Waals surface area contributed by atoms with Gasteiger partial charge in [-0.05, 0) is 45.2 Å². The monoisotopic (exact) mass is 351 g/mol. The number of carbonyl (C=O) groups is 1. The lowest BCUT2D eigenvalue weighted by Crippen LogP contribution is -2.40. The molecule has 5 nitrogen and oxygen atoms in total. The van der Waals surface area contributed by atoms with E-state index in [1.54, 1.807) is 24.0 Å². The number of nitrogens with one attached hydrogen (secondary N) is 1. The third-order valence-corrected chi connectivity index (χ3v) is 4.74. The Hall–Kier alpha value is -2.08. The lowest BCUT2D eigenvalue weighted by Gasteiger charge is -2.24. The lowest BCUT2D eigenvalue weighted by molar-refractivity contribution is 0.205. The first kappa shape index (κ1) is 16.8. The average molecular weight is 352 g/mol. The van der Waals surface area contributed by atoms with Crippen LogP contribution in [0.1, 0.15) is 29.9 Å². The minimum absolute atomic E-state index is 0.100. The van der Waals surface area contributed by atoms with E-state index in [0.717, 1.165) is 18.5 Å². The van der Waals surface area contributed by atoms with Gasteiger partial charge in [-0.15, -0.1) is 0 Å². The van der Waals surface area contributed by atoms with Gasteiger partial charge < -0.3 is 9.32 Å². The fourth-order valence-corrected chi connectivity index (χ4v) is 3.21. The number of carbonyl (C=O) groups excluding carboxylic acids is 1. The number of urea groups is 1. The van der Waals surface area contributed by atoms with E-state index >= 15 is 0 Å². The third-order valence-electron chi connectivity index (χ3n) is 4.38. The first-order chi connectivity index (χ1) is 11.5.